The van der Waals surface area contributed by atoms with Crippen LogP contribution in [0.25, 0.3) is 0 Å². The molecule has 0 aromatic carbocycles. The van der Waals surface area contributed by atoms with E-state index in [9.17, 15) is 0 Å². The van der Waals surface area contributed by atoms with E-state index in [2.05, 4.69) is 0 Å². The molecule has 0 amide bonds. The molecule has 0 atom stereocenters. The summed E-state index contributed by atoms with van der Waals surface area (Å²) in [5.41, 5.74) is 0. The average Bonchev–Trinajstić information content (AvgIpc) is 0. The molecule has 0 nitrogen and oxygen atoms in total. The van der Waals surface area contributed by atoms with Crippen molar-refractivity contribution in [1.29, 1.82) is 0 Å². The fraction of sp³-hybridized carbons (Fsp3) is 0. The van der Waals surface area contributed by atoms with Crippen LogP contribution in [0.15, 0.2) is 0 Å². The van der Waals surface area contributed by atoms with E-state index in [-0.39, 0.29) is 112 Å². The summed E-state index contributed by atoms with van der Waals surface area (Å²) in [6.07, 6.45) is 0. The third kappa shape index (κ3) is 9.13. The molecule has 0 N–H and O–H groups in total. The van der Waals surface area contributed by atoms with Crippen LogP contribution in [0.5, 0.6) is 0 Å². The molecule has 0 rings (SSSR count). The standard InChI is InChI=1S/Ba.In.H2S.H2Te.5H/h;;2*1H2;;;;;. The molecule has 0 saturated carbocycles. The Balaban J connectivity index is 0. The van der Waals surface area contributed by atoms with Gasteiger partial charge in [0.1, 0.15) is 0 Å². The van der Waals surface area contributed by atoms with Crippen molar-refractivity contribution in [2.45, 2.75) is 0 Å². The van der Waals surface area contributed by atoms with Crippen LogP contribution >= 0.6 is 13.5 Å². The fourth-order valence-electron chi connectivity index (χ4n) is 0. The maximum absolute atomic E-state index is 0. The van der Waals surface area contributed by atoms with Gasteiger partial charge < -0.3 is 0 Å². The maximum atomic E-state index is 0. The average molecular weight is 421 g/mol. The van der Waals surface area contributed by atoms with Crippen molar-refractivity contribution in [3.63, 3.8) is 0 Å². The van der Waals surface area contributed by atoms with Gasteiger partial charge in [0, 0.05) is 0 Å². The Morgan fingerprint density at radius 3 is 1.00 bits per heavy atom. The van der Waals surface area contributed by atoms with Crippen molar-refractivity contribution in [2.24, 2.45) is 0 Å². The summed E-state index contributed by atoms with van der Waals surface area (Å²) in [5.74, 6) is 0. The Morgan fingerprint density at radius 1 is 1.00 bits per heavy atom. The van der Waals surface area contributed by atoms with Crippen LogP contribution in [0.4, 0.5) is 0 Å². The molecule has 4 heteroatoms. The normalized spacial score (nSPS) is 0. The fourth-order valence-corrected chi connectivity index (χ4v) is 0. The van der Waals surface area contributed by atoms with Gasteiger partial charge in [0.05, 0.1) is 0 Å². The monoisotopic (exact) mass is 424 g/mol. The van der Waals surface area contributed by atoms with E-state index < -0.39 is 0 Å². The van der Waals surface area contributed by atoms with E-state index in [4.69, 9.17) is 0 Å². The first-order valence-corrected chi connectivity index (χ1v) is 0. The van der Waals surface area contributed by atoms with Gasteiger partial charge in [-0.15, -0.1) is 0 Å². The van der Waals surface area contributed by atoms with Gasteiger partial charge in [0.25, 0.3) is 0 Å². The van der Waals surface area contributed by atoms with Crippen molar-refractivity contribution in [3.05, 3.63) is 0 Å². The molecular weight excluding hydrogens is 412 g/mol. The number of hydrogen-bond acceptors (Lipinski definition) is 0. The second-order valence-electron chi connectivity index (χ2n) is 0. The Labute approximate surface area is 109 Å². The van der Waals surface area contributed by atoms with Gasteiger partial charge in [0.2, 0.25) is 0 Å². The Hall–Kier alpha value is 3.58. The first kappa shape index (κ1) is 25.6. The molecule has 0 aromatic rings. The van der Waals surface area contributed by atoms with Crippen LogP contribution in [0, 0.1) is 0 Å². The van der Waals surface area contributed by atoms with E-state index in [0.29, 0.717) is 0 Å². The number of hydrogen-bond donors (Lipinski definition) is 0. The van der Waals surface area contributed by atoms with Crippen LogP contribution < -0.4 is 0 Å². The van der Waals surface area contributed by atoms with Crippen LogP contribution in [0.1, 0.15) is 0 Å². The second kappa shape index (κ2) is 16.0. The summed E-state index contributed by atoms with van der Waals surface area (Å²) in [7, 11) is 0. The zero-order valence-corrected chi connectivity index (χ0v) is 4.85. The van der Waals surface area contributed by atoms with Gasteiger partial charge in [-0.25, -0.2) is 0 Å². The van der Waals surface area contributed by atoms with Gasteiger partial charge >= 0.3 is 98.4 Å². The molecule has 26 valence electrons. The van der Waals surface area contributed by atoms with Crippen molar-refractivity contribution in [3.8, 4) is 0 Å². The molecule has 0 aromatic heterocycles. The minimum atomic E-state index is 0. The van der Waals surface area contributed by atoms with Gasteiger partial charge in [0.15, 0.2) is 0 Å². The van der Waals surface area contributed by atoms with Crippen molar-refractivity contribution in [1.82, 2.24) is 0 Å². The zero-order chi connectivity index (χ0) is 0. The van der Waals surface area contributed by atoms with Crippen LogP contribution in [0.3, 0.4) is 0 Å². The molecule has 0 aliphatic rings. The molecule has 0 aliphatic carbocycles. The summed E-state index contributed by atoms with van der Waals surface area (Å²) < 4.78 is 0. The quantitative estimate of drug-likeness (QED) is 0.369. The van der Waals surface area contributed by atoms with Gasteiger partial charge in [-0.3, -0.25) is 0 Å². The van der Waals surface area contributed by atoms with Gasteiger partial charge in [-0.05, 0) is 0 Å². The molecule has 0 saturated heterocycles. The molecule has 0 fully saturated rings. The topological polar surface area (TPSA) is 0 Å². The van der Waals surface area contributed by atoms with Crippen molar-refractivity contribution >= 4 is 112 Å². The molecule has 0 unspecified atom stereocenters. The van der Waals surface area contributed by atoms with Crippen LogP contribution in [-0.2, 0) is 0 Å². The zero-order valence-electron chi connectivity index (χ0n) is 1.00. The summed E-state index contributed by atoms with van der Waals surface area (Å²) in [6.45, 7) is 0. The molecule has 4 heavy (non-hydrogen) atoms. The summed E-state index contributed by atoms with van der Waals surface area (Å²) in [5, 5.41) is 0. The predicted octanol–water partition coefficient (Wildman–Crippen LogP) is -2.90. The molecule has 0 heterocycles. The van der Waals surface area contributed by atoms with Crippen LogP contribution in [-0.4, -0.2) is 98.4 Å². The third-order valence-corrected chi connectivity index (χ3v) is 0. The third-order valence-electron chi connectivity index (χ3n) is 0. The first-order chi connectivity index (χ1) is 0. The Bertz CT molecular complexity index is 8.00. The summed E-state index contributed by atoms with van der Waals surface area (Å²) in [6, 6.07) is 0. The molecular formula is H9BaInSTe. The second-order valence-corrected chi connectivity index (χ2v) is 0. The SMILES string of the molecule is S.[BaH2].[InH3].[TeH2]. The van der Waals surface area contributed by atoms with Crippen molar-refractivity contribution in [2.75, 3.05) is 0 Å². The van der Waals surface area contributed by atoms with E-state index in [1.165, 1.54) is 0 Å². The summed E-state index contributed by atoms with van der Waals surface area (Å²) >= 11 is 0. The molecule has 0 spiro atoms. The van der Waals surface area contributed by atoms with Gasteiger partial charge in [-0.2, -0.15) is 13.5 Å². The first-order valence-electron chi connectivity index (χ1n) is 0. The van der Waals surface area contributed by atoms with Gasteiger partial charge in [-0.1, -0.05) is 0 Å². The van der Waals surface area contributed by atoms with E-state index >= 15 is 0 Å². The van der Waals surface area contributed by atoms with Crippen molar-refractivity contribution < 1.29 is 0 Å². The van der Waals surface area contributed by atoms with E-state index in [1.54, 1.807) is 0 Å². The van der Waals surface area contributed by atoms with E-state index in [1.807, 2.05) is 0 Å². The van der Waals surface area contributed by atoms with Crippen LogP contribution in [0.2, 0.25) is 0 Å². The minimum absolute atomic E-state index is 0. The molecule has 0 aliphatic heterocycles. The molecule has 0 radical (unpaired) electrons. The summed E-state index contributed by atoms with van der Waals surface area (Å²) in [4.78, 5) is 0. The Kier molecular flexibility index (Phi) is 102. The predicted molar refractivity (Wildman–Crippen MR) is 37.4 cm³/mol. The van der Waals surface area contributed by atoms with E-state index in [0.717, 1.165) is 0 Å². The number of rotatable bonds is 0. The molecule has 0 bridgehead atoms. The Morgan fingerprint density at radius 2 is 1.00 bits per heavy atom.